The third kappa shape index (κ3) is 1.64. The second-order valence-electron chi connectivity index (χ2n) is 2.46. The molecule has 0 radical (unpaired) electrons. The van der Waals surface area contributed by atoms with Crippen LogP contribution in [0.5, 0.6) is 0 Å². The summed E-state index contributed by atoms with van der Waals surface area (Å²) in [5.74, 6) is -0.359. The van der Waals surface area contributed by atoms with E-state index in [1.54, 1.807) is 12.3 Å². The van der Waals surface area contributed by atoms with Crippen LogP contribution >= 0.6 is 27.5 Å². The fourth-order valence-electron chi connectivity index (χ4n) is 1.00. The van der Waals surface area contributed by atoms with Gasteiger partial charge in [0.15, 0.2) is 0 Å². The van der Waals surface area contributed by atoms with Gasteiger partial charge in [-0.25, -0.2) is 14.4 Å². The molecule has 1 aromatic heterocycles. The van der Waals surface area contributed by atoms with Crippen molar-refractivity contribution in [1.29, 1.82) is 0 Å². The predicted molar refractivity (Wildman–Crippen MR) is 52.2 cm³/mol. The van der Waals surface area contributed by atoms with Gasteiger partial charge in [0.25, 0.3) is 0 Å². The Bertz CT molecular complexity index is 475. The molecule has 2 aromatic rings. The van der Waals surface area contributed by atoms with Crippen LogP contribution in [0, 0.1) is 5.82 Å². The van der Waals surface area contributed by atoms with Gasteiger partial charge in [-0.3, -0.25) is 0 Å². The van der Waals surface area contributed by atoms with Crippen LogP contribution in [0.4, 0.5) is 4.39 Å². The Balaban J connectivity index is 2.81. The Hall–Kier alpha value is -0.740. The molecule has 0 aliphatic rings. The van der Waals surface area contributed by atoms with Crippen LogP contribution in [0.3, 0.4) is 0 Å². The van der Waals surface area contributed by atoms with Crippen molar-refractivity contribution in [2.24, 2.45) is 0 Å². The average molecular weight is 261 g/mol. The van der Waals surface area contributed by atoms with Gasteiger partial charge in [-0.2, -0.15) is 0 Å². The second-order valence-corrected chi connectivity index (χ2v) is 3.66. The number of hydrogen-bond acceptors (Lipinski definition) is 2. The first-order chi connectivity index (χ1) is 6.16. The molecule has 0 spiro atoms. The molecule has 0 N–H and O–H groups in total. The molecule has 0 atom stereocenters. The molecule has 0 saturated heterocycles. The van der Waals surface area contributed by atoms with Crippen molar-refractivity contribution in [3.05, 3.63) is 33.9 Å². The summed E-state index contributed by atoms with van der Waals surface area (Å²) in [5, 5.41) is 0.867. The molecule has 5 heteroatoms. The van der Waals surface area contributed by atoms with Crippen LogP contribution < -0.4 is 0 Å². The van der Waals surface area contributed by atoms with Crippen LogP contribution in [-0.4, -0.2) is 9.97 Å². The molecule has 13 heavy (non-hydrogen) atoms. The summed E-state index contributed by atoms with van der Waals surface area (Å²) in [6.45, 7) is 0. The highest BCUT2D eigenvalue weighted by Gasteiger charge is 2.03. The van der Waals surface area contributed by atoms with Gasteiger partial charge in [-0.1, -0.05) is 0 Å². The summed E-state index contributed by atoms with van der Waals surface area (Å²) < 4.78 is 13.4. The summed E-state index contributed by atoms with van der Waals surface area (Å²) in [6.07, 6.45) is 1.55. The lowest BCUT2D eigenvalue weighted by molar-refractivity contribution is 0.622. The first kappa shape index (κ1) is 8.84. The molecule has 1 aromatic carbocycles. The van der Waals surface area contributed by atoms with Gasteiger partial charge in [0.05, 0.1) is 9.99 Å². The van der Waals surface area contributed by atoms with Gasteiger partial charge in [0.1, 0.15) is 5.82 Å². The zero-order chi connectivity index (χ0) is 9.42. The third-order valence-corrected chi connectivity index (χ3v) is 2.38. The monoisotopic (exact) mass is 260 g/mol. The van der Waals surface area contributed by atoms with E-state index in [2.05, 4.69) is 25.9 Å². The minimum Gasteiger partial charge on any atom is -0.226 e. The Kier molecular flexibility index (Phi) is 2.17. The lowest BCUT2D eigenvalue weighted by Gasteiger charge is -1.98. The number of hydrogen-bond donors (Lipinski definition) is 0. The van der Waals surface area contributed by atoms with E-state index in [0.717, 1.165) is 5.39 Å². The number of aromatic nitrogens is 2. The van der Waals surface area contributed by atoms with Crippen LogP contribution in [0.2, 0.25) is 5.28 Å². The van der Waals surface area contributed by atoms with Gasteiger partial charge in [-0.05, 0) is 33.6 Å². The molecule has 0 amide bonds. The highest BCUT2D eigenvalue weighted by Crippen LogP contribution is 2.22. The van der Waals surface area contributed by atoms with Crippen LogP contribution in [0.25, 0.3) is 10.9 Å². The lowest BCUT2D eigenvalue weighted by atomic mass is 10.2. The molecule has 1 heterocycles. The van der Waals surface area contributed by atoms with Crippen molar-refractivity contribution >= 4 is 38.4 Å². The first-order valence-corrected chi connectivity index (χ1v) is 4.61. The summed E-state index contributed by atoms with van der Waals surface area (Å²) in [4.78, 5) is 7.66. The maximum Gasteiger partial charge on any atom is 0.222 e. The molecular formula is C8H3BrClFN2. The quantitative estimate of drug-likeness (QED) is 0.681. The number of nitrogens with zero attached hydrogens (tertiary/aromatic N) is 2. The smallest absolute Gasteiger partial charge is 0.222 e. The Labute approximate surface area is 86.9 Å². The molecule has 0 saturated carbocycles. The maximum absolute atomic E-state index is 13.0. The summed E-state index contributed by atoms with van der Waals surface area (Å²) in [7, 11) is 0. The summed E-state index contributed by atoms with van der Waals surface area (Å²) in [5.41, 5.74) is 0.501. The largest absolute Gasteiger partial charge is 0.226 e. The molecular weight excluding hydrogens is 258 g/mol. The second kappa shape index (κ2) is 3.20. The Morgan fingerprint density at radius 1 is 1.38 bits per heavy atom. The van der Waals surface area contributed by atoms with Crippen molar-refractivity contribution in [1.82, 2.24) is 9.97 Å². The van der Waals surface area contributed by atoms with Crippen molar-refractivity contribution < 1.29 is 4.39 Å². The third-order valence-electron chi connectivity index (χ3n) is 1.59. The SMILES string of the molecule is Fc1cc2nc(Cl)ncc2cc1Br. The molecule has 2 rings (SSSR count). The van der Waals surface area contributed by atoms with E-state index in [9.17, 15) is 4.39 Å². The molecule has 0 aliphatic carbocycles. The normalized spacial score (nSPS) is 10.7. The lowest BCUT2D eigenvalue weighted by Crippen LogP contribution is -1.86. The topological polar surface area (TPSA) is 25.8 Å². The van der Waals surface area contributed by atoms with Crippen molar-refractivity contribution in [2.45, 2.75) is 0 Å². The van der Waals surface area contributed by atoms with Crippen LogP contribution in [-0.2, 0) is 0 Å². The van der Waals surface area contributed by atoms with Crippen molar-refractivity contribution in [3.8, 4) is 0 Å². The van der Waals surface area contributed by atoms with E-state index in [4.69, 9.17) is 11.6 Å². The Morgan fingerprint density at radius 2 is 2.15 bits per heavy atom. The van der Waals surface area contributed by atoms with E-state index in [1.165, 1.54) is 6.07 Å². The number of halogens is 3. The van der Waals surface area contributed by atoms with Gasteiger partial charge < -0.3 is 0 Å². The molecule has 0 unspecified atom stereocenters. The van der Waals surface area contributed by atoms with E-state index in [-0.39, 0.29) is 11.1 Å². The average Bonchev–Trinajstić information content (AvgIpc) is 2.08. The number of fused-ring (bicyclic) bond motifs is 1. The van der Waals surface area contributed by atoms with Crippen molar-refractivity contribution in [2.75, 3.05) is 0 Å². The predicted octanol–water partition coefficient (Wildman–Crippen LogP) is 3.18. The zero-order valence-electron chi connectivity index (χ0n) is 6.26. The summed E-state index contributed by atoms with van der Waals surface area (Å²) >= 11 is 8.63. The number of rotatable bonds is 0. The van der Waals surface area contributed by atoms with Gasteiger partial charge in [0, 0.05) is 17.6 Å². The minimum absolute atomic E-state index is 0.120. The summed E-state index contributed by atoms with van der Waals surface area (Å²) in [6, 6.07) is 2.92. The van der Waals surface area contributed by atoms with E-state index < -0.39 is 0 Å². The highest BCUT2D eigenvalue weighted by atomic mass is 79.9. The maximum atomic E-state index is 13.0. The minimum atomic E-state index is -0.359. The van der Waals surface area contributed by atoms with Crippen LogP contribution in [0.1, 0.15) is 0 Å². The highest BCUT2D eigenvalue weighted by molar-refractivity contribution is 9.10. The molecule has 0 aliphatic heterocycles. The molecule has 2 nitrogen and oxygen atoms in total. The van der Waals surface area contributed by atoms with Gasteiger partial charge in [-0.15, -0.1) is 0 Å². The molecule has 66 valence electrons. The van der Waals surface area contributed by atoms with Gasteiger partial charge >= 0.3 is 0 Å². The van der Waals surface area contributed by atoms with E-state index >= 15 is 0 Å². The van der Waals surface area contributed by atoms with Crippen molar-refractivity contribution in [3.63, 3.8) is 0 Å². The fraction of sp³-hybridized carbons (Fsp3) is 0. The van der Waals surface area contributed by atoms with Gasteiger partial charge in [0.2, 0.25) is 5.28 Å². The van der Waals surface area contributed by atoms with E-state index in [0.29, 0.717) is 9.99 Å². The molecule has 0 fully saturated rings. The Morgan fingerprint density at radius 3 is 2.92 bits per heavy atom. The zero-order valence-corrected chi connectivity index (χ0v) is 8.60. The first-order valence-electron chi connectivity index (χ1n) is 3.44. The van der Waals surface area contributed by atoms with E-state index in [1.807, 2.05) is 0 Å². The molecule has 0 bridgehead atoms. The fourth-order valence-corrected chi connectivity index (χ4v) is 1.50. The standard InChI is InChI=1S/C8H3BrClFN2/c9-5-1-4-3-12-8(10)13-7(4)2-6(5)11/h1-3H. The number of benzene rings is 1. The van der Waals surface area contributed by atoms with Crippen LogP contribution in [0.15, 0.2) is 22.8 Å².